The van der Waals surface area contributed by atoms with Crippen molar-refractivity contribution in [2.75, 3.05) is 15.9 Å². The summed E-state index contributed by atoms with van der Waals surface area (Å²) < 4.78 is 25.9. The van der Waals surface area contributed by atoms with Crippen molar-refractivity contribution in [3.8, 4) is 0 Å². The number of nitrogens with one attached hydrogen (secondary N) is 1. The quantitative estimate of drug-likeness (QED) is 0.857. The van der Waals surface area contributed by atoms with E-state index in [1.807, 2.05) is 32.0 Å². The van der Waals surface area contributed by atoms with E-state index < -0.39 is 16.1 Å². The third kappa shape index (κ3) is 4.82. The van der Waals surface area contributed by atoms with E-state index in [1.165, 1.54) is 4.31 Å². The SMILES string of the molecule is CC[C@H](C(=O)Nc1cc(C)cc(C)c1)N(c1ccccc1)S(C)(=O)=O. The highest BCUT2D eigenvalue weighted by molar-refractivity contribution is 7.92. The summed E-state index contributed by atoms with van der Waals surface area (Å²) >= 11 is 0. The molecule has 0 saturated heterocycles. The van der Waals surface area contributed by atoms with E-state index in [0.717, 1.165) is 17.4 Å². The average Bonchev–Trinajstić information content (AvgIpc) is 2.50. The van der Waals surface area contributed by atoms with E-state index in [-0.39, 0.29) is 5.91 Å². The van der Waals surface area contributed by atoms with Crippen LogP contribution in [-0.4, -0.2) is 26.6 Å². The Labute approximate surface area is 149 Å². The Morgan fingerprint density at radius 2 is 1.64 bits per heavy atom. The maximum absolute atomic E-state index is 12.8. The number of carbonyl (C=O) groups excluding carboxylic acids is 1. The Morgan fingerprint density at radius 3 is 2.12 bits per heavy atom. The largest absolute Gasteiger partial charge is 0.324 e. The van der Waals surface area contributed by atoms with Crippen LogP contribution in [-0.2, 0) is 14.8 Å². The molecule has 0 aromatic heterocycles. The number of anilines is 2. The molecule has 0 heterocycles. The van der Waals surface area contributed by atoms with Crippen LogP contribution in [0, 0.1) is 13.8 Å². The lowest BCUT2D eigenvalue weighted by atomic mass is 10.1. The van der Waals surface area contributed by atoms with Gasteiger partial charge in [-0.3, -0.25) is 9.10 Å². The second kappa shape index (κ2) is 7.70. The van der Waals surface area contributed by atoms with Crippen molar-refractivity contribution in [2.24, 2.45) is 0 Å². The summed E-state index contributed by atoms with van der Waals surface area (Å²) in [6.07, 6.45) is 1.48. The van der Waals surface area contributed by atoms with Crippen LogP contribution in [0.15, 0.2) is 48.5 Å². The number of aryl methyl sites for hydroxylation is 2. The Hall–Kier alpha value is -2.34. The number of rotatable bonds is 6. The highest BCUT2D eigenvalue weighted by Crippen LogP contribution is 2.23. The van der Waals surface area contributed by atoms with Gasteiger partial charge in [0.05, 0.1) is 11.9 Å². The van der Waals surface area contributed by atoms with Crippen LogP contribution in [0.2, 0.25) is 0 Å². The standard InChI is InChI=1S/C19H24N2O3S/c1-5-18(19(22)20-16-12-14(2)11-15(3)13-16)21(25(4,23)24)17-9-7-6-8-10-17/h6-13,18H,5H2,1-4H3,(H,20,22)/t18-/m1/s1. The number of para-hydroxylation sites is 1. The minimum Gasteiger partial charge on any atom is -0.324 e. The number of nitrogens with zero attached hydrogens (tertiary/aromatic N) is 1. The Kier molecular flexibility index (Phi) is 5.85. The maximum atomic E-state index is 12.8. The summed E-state index contributed by atoms with van der Waals surface area (Å²) in [6.45, 7) is 5.70. The molecule has 0 aliphatic heterocycles. The first-order valence-electron chi connectivity index (χ1n) is 8.16. The summed E-state index contributed by atoms with van der Waals surface area (Å²) in [5.41, 5.74) is 3.22. The van der Waals surface area contributed by atoms with Gasteiger partial charge in [0.15, 0.2) is 0 Å². The molecule has 2 rings (SSSR count). The molecule has 0 bridgehead atoms. The molecule has 0 radical (unpaired) electrons. The Morgan fingerprint density at radius 1 is 1.08 bits per heavy atom. The molecule has 6 heteroatoms. The van der Waals surface area contributed by atoms with Crippen molar-refractivity contribution in [1.82, 2.24) is 0 Å². The topological polar surface area (TPSA) is 66.5 Å². The van der Waals surface area contributed by atoms with Crippen molar-refractivity contribution >= 4 is 27.3 Å². The fourth-order valence-electron chi connectivity index (χ4n) is 2.91. The van der Waals surface area contributed by atoms with Gasteiger partial charge in [-0.05, 0) is 55.7 Å². The van der Waals surface area contributed by atoms with Crippen LogP contribution in [0.4, 0.5) is 11.4 Å². The van der Waals surface area contributed by atoms with Crippen LogP contribution in [0.5, 0.6) is 0 Å². The summed E-state index contributed by atoms with van der Waals surface area (Å²) in [7, 11) is -3.61. The summed E-state index contributed by atoms with van der Waals surface area (Å²) in [5.74, 6) is -0.346. The van der Waals surface area contributed by atoms with Gasteiger partial charge in [-0.1, -0.05) is 31.2 Å². The third-order valence-corrected chi connectivity index (χ3v) is 5.01. The molecule has 25 heavy (non-hydrogen) atoms. The van der Waals surface area contributed by atoms with Crippen molar-refractivity contribution < 1.29 is 13.2 Å². The molecule has 1 atom stereocenters. The Bertz CT molecular complexity index is 828. The van der Waals surface area contributed by atoms with Gasteiger partial charge < -0.3 is 5.32 Å². The molecule has 1 amide bonds. The molecule has 2 aromatic rings. The van der Waals surface area contributed by atoms with Gasteiger partial charge in [-0.25, -0.2) is 8.42 Å². The fraction of sp³-hybridized carbons (Fsp3) is 0.316. The second-order valence-corrected chi connectivity index (χ2v) is 8.04. The van der Waals surface area contributed by atoms with Gasteiger partial charge in [-0.15, -0.1) is 0 Å². The summed E-state index contributed by atoms with van der Waals surface area (Å²) in [5, 5.41) is 2.85. The zero-order valence-electron chi connectivity index (χ0n) is 15.0. The van der Waals surface area contributed by atoms with Crippen LogP contribution in [0.25, 0.3) is 0 Å². The van der Waals surface area contributed by atoms with Crippen LogP contribution in [0.1, 0.15) is 24.5 Å². The minimum atomic E-state index is -3.61. The highest BCUT2D eigenvalue weighted by Gasteiger charge is 2.31. The molecule has 0 unspecified atom stereocenters. The van der Waals surface area contributed by atoms with Crippen molar-refractivity contribution in [2.45, 2.75) is 33.2 Å². The molecule has 5 nitrogen and oxygen atoms in total. The molecule has 0 saturated carbocycles. The predicted octanol–water partition coefficient (Wildman–Crippen LogP) is 3.49. The maximum Gasteiger partial charge on any atom is 0.248 e. The van der Waals surface area contributed by atoms with Gasteiger partial charge in [0.1, 0.15) is 6.04 Å². The number of carbonyl (C=O) groups is 1. The van der Waals surface area contributed by atoms with Crippen molar-refractivity contribution in [3.05, 3.63) is 59.7 Å². The van der Waals surface area contributed by atoms with Gasteiger partial charge in [-0.2, -0.15) is 0 Å². The third-order valence-electron chi connectivity index (χ3n) is 3.83. The van der Waals surface area contributed by atoms with Crippen LogP contribution < -0.4 is 9.62 Å². The van der Waals surface area contributed by atoms with Gasteiger partial charge in [0.25, 0.3) is 0 Å². The molecule has 0 spiro atoms. The van der Waals surface area contributed by atoms with E-state index in [9.17, 15) is 13.2 Å². The smallest absolute Gasteiger partial charge is 0.248 e. The highest BCUT2D eigenvalue weighted by atomic mass is 32.2. The summed E-state index contributed by atoms with van der Waals surface area (Å²) in [6, 6.07) is 13.6. The van der Waals surface area contributed by atoms with E-state index in [1.54, 1.807) is 37.3 Å². The van der Waals surface area contributed by atoms with Crippen LogP contribution in [0.3, 0.4) is 0 Å². The van der Waals surface area contributed by atoms with Crippen molar-refractivity contribution in [3.63, 3.8) is 0 Å². The van der Waals surface area contributed by atoms with Crippen molar-refractivity contribution in [1.29, 1.82) is 0 Å². The average molecular weight is 360 g/mol. The fourth-order valence-corrected chi connectivity index (χ4v) is 4.12. The number of hydrogen-bond donors (Lipinski definition) is 1. The zero-order chi connectivity index (χ0) is 18.6. The second-order valence-electron chi connectivity index (χ2n) is 6.18. The van der Waals surface area contributed by atoms with E-state index in [4.69, 9.17) is 0 Å². The molecule has 0 fully saturated rings. The predicted molar refractivity (Wildman–Crippen MR) is 102 cm³/mol. The molecule has 1 N–H and O–H groups in total. The van der Waals surface area contributed by atoms with Crippen LogP contribution >= 0.6 is 0 Å². The molecular formula is C19H24N2O3S. The monoisotopic (exact) mass is 360 g/mol. The first-order valence-corrected chi connectivity index (χ1v) is 10.0. The number of hydrogen-bond acceptors (Lipinski definition) is 3. The van der Waals surface area contributed by atoms with E-state index in [0.29, 0.717) is 17.8 Å². The number of benzene rings is 2. The zero-order valence-corrected chi connectivity index (χ0v) is 15.8. The number of sulfonamides is 1. The molecule has 134 valence electrons. The molecule has 0 aliphatic carbocycles. The normalized spacial score (nSPS) is 12.5. The molecule has 0 aliphatic rings. The first-order chi connectivity index (χ1) is 11.7. The van der Waals surface area contributed by atoms with Gasteiger partial charge in [0.2, 0.25) is 15.9 Å². The minimum absolute atomic E-state index is 0.346. The van der Waals surface area contributed by atoms with Gasteiger partial charge >= 0.3 is 0 Å². The lowest BCUT2D eigenvalue weighted by molar-refractivity contribution is -0.117. The van der Waals surface area contributed by atoms with Gasteiger partial charge in [0, 0.05) is 5.69 Å². The summed E-state index contributed by atoms with van der Waals surface area (Å²) in [4.78, 5) is 12.8. The first kappa shape index (κ1) is 19.0. The Balaban J connectivity index is 2.36. The lowest BCUT2D eigenvalue weighted by Crippen LogP contribution is -2.47. The lowest BCUT2D eigenvalue weighted by Gasteiger charge is -2.30. The molecular weight excluding hydrogens is 336 g/mol. The molecule has 2 aromatic carbocycles. The number of amides is 1. The van der Waals surface area contributed by atoms with E-state index >= 15 is 0 Å². The van der Waals surface area contributed by atoms with E-state index in [2.05, 4.69) is 5.32 Å².